The third-order valence-corrected chi connectivity index (χ3v) is 4.63. The molecule has 1 fully saturated rings. The number of halogens is 3. The minimum absolute atomic E-state index is 0.0399. The van der Waals surface area contributed by atoms with Gasteiger partial charge in [-0.1, -0.05) is 18.2 Å². The summed E-state index contributed by atoms with van der Waals surface area (Å²) in [5, 5.41) is 0. The lowest BCUT2D eigenvalue weighted by molar-refractivity contribution is -0.148. The summed E-state index contributed by atoms with van der Waals surface area (Å²) in [6.45, 7) is -0.798. The first kappa shape index (κ1) is 16.1. The summed E-state index contributed by atoms with van der Waals surface area (Å²) in [6, 6.07) is 8.36. The van der Waals surface area contributed by atoms with E-state index in [4.69, 9.17) is 0 Å². The number of piperazine rings is 1. The highest BCUT2D eigenvalue weighted by Crippen LogP contribution is 2.19. The monoisotopic (exact) mass is 323 g/mol. The van der Waals surface area contributed by atoms with Crippen LogP contribution >= 0.6 is 0 Å². The lowest BCUT2D eigenvalue weighted by Crippen LogP contribution is -2.52. The van der Waals surface area contributed by atoms with E-state index in [1.54, 1.807) is 30.3 Å². The van der Waals surface area contributed by atoms with Gasteiger partial charge in [-0.3, -0.25) is 9.62 Å². The fraction of sp³-hybridized carbons (Fsp3) is 0.500. The Morgan fingerprint density at radius 2 is 1.62 bits per heavy atom. The fourth-order valence-electron chi connectivity index (χ4n) is 2.10. The lowest BCUT2D eigenvalue weighted by atomic mass is 10.3. The Hall–Kier alpha value is -1.32. The van der Waals surface area contributed by atoms with Gasteiger partial charge in [-0.05, 0) is 12.1 Å². The van der Waals surface area contributed by atoms with Crippen molar-refractivity contribution in [3.05, 3.63) is 30.3 Å². The molecule has 1 heterocycles. The molecule has 1 aromatic carbocycles. The Morgan fingerprint density at radius 3 is 2.14 bits per heavy atom. The van der Waals surface area contributed by atoms with Crippen LogP contribution < -0.4 is 4.72 Å². The number of hydrogen-bond acceptors (Lipinski definition) is 3. The standard InChI is InChI=1S/C12H16F3N3O2S/c13-12(14,15)10-17-6-8-18(9-7-17)21(19,20)16-11-4-2-1-3-5-11/h1-5,16H,6-10H2. The van der Waals surface area contributed by atoms with Gasteiger partial charge in [0.15, 0.2) is 0 Å². The lowest BCUT2D eigenvalue weighted by Gasteiger charge is -2.34. The average molecular weight is 323 g/mol. The highest BCUT2D eigenvalue weighted by Gasteiger charge is 2.34. The quantitative estimate of drug-likeness (QED) is 0.914. The predicted molar refractivity (Wildman–Crippen MR) is 73.1 cm³/mol. The van der Waals surface area contributed by atoms with E-state index in [1.807, 2.05) is 0 Å². The maximum absolute atomic E-state index is 12.3. The molecule has 0 aromatic heterocycles. The van der Waals surface area contributed by atoms with E-state index in [0.29, 0.717) is 5.69 Å². The molecule has 2 rings (SSSR count). The third-order valence-electron chi connectivity index (χ3n) is 3.09. The number of para-hydroxylation sites is 1. The normalized spacial score (nSPS) is 18.6. The van der Waals surface area contributed by atoms with Crippen molar-refractivity contribution in [2.24, 2.45) is 0 Å². The average Bonchev–Trinajstić information content (AvgIpc) is 2.38. The predicted octanol–water partition coefficient (Wildman–Crippen LogP) is 1.52. The smallest absolute Gasteiger partial charge is 0.292 e. The molecule has 1 aromatic rings. The first-order valence-corrected chi connectivity index (χ1v) is 7.82. The number of alkyl halides is 3. The molecule has 1 N–H and O–H groups in total. The topological polar surface area (TPSA) is 52.7 Å². The minimum Gasteiger partial charge on any atom is -0.292 e. The summed E-state index contributed by atoms with van der Waals surface area (Å²) in [5.41, 5.74) is 0.426. The van der Waals surface area contributed by atoms with Crippen molar-refractivity contribution in [1.82, 2.24) is 9.21 Å². The first-order valence-electron chi connectivity index (χ1n) is 6.38. The van der Waals surface area contributed by atoms with E-state index < -0.39 is 22.9 Å². The van der Waals surface area contributed by atoms with Crippen LogP contribution in [0.3, 0.4) is 0 Å². The molecule has 1 saturated heterocycles. The van der Waals surface area contributed by atoms with E-state index >= 15 is 0 Å². The van der Waals surface area contributed by atoms with Crippen LogP contribution in [0.4, 0.5) is 18.9 Å². The van der Waals surface area contributed by atoms with E-state index in [2.05, 4.69) is 4.72 Å². The van der Waals surface area contributed by atoms with Crippen LogP contribution in [0.15, 0.2) is 30.3 Å². The van der Waals surface area contributed by atoms with Crippen LogP contribution in [0.1, 0.15) is 0 Å². The summed E-state index contributed by atoms with van der Waals surface area (Å²) in [4.78, 5) is 1.20. The molecule has 0 unspecified atom stereocenters. The van der Waals surface area contributed by atoms with Gasteiger partial charge in [0.1, 0.15) is 0 Å². The molecular formula is C12H16F3N3O2S. The maximum Gasteiger partial charge on any atom is 0.401 e. The van der Waals surface area contributed by atoms with Gasteiger partial charge in [0.25, 0.3) is 0 Å². The van der Waals surface area contributed by atoms with Crippen LogP contribution in [0, 0.1) is 0 Å². The summed E-state index contributed by atoms with van der Waals surface area (Å²) < 4.78 is 64.6. The Balaban J connectivity index is 1.92. The van der Waals surface area contributed by atoms with Gasteiger partial charge in [-0.15, -0.1) is 0 Å². The highest BCUT2D eigenvalue weighted by molar-refractivity contribution is 7.90. The first-order chi connectivity index (χ1) is 9.76. The molecule has 21 heavy (non-hydrogen) atoms. The minimum atomic E-state index is -4.26. The van der Waals surface area contributed by atoms with Crippen LogP contribution in [-0.2, 0) is 10.2 Å². The fourth-order valence-corrected chi connectivity index (χ4v) is 3.31. The third kappa shape index (κ3) is 4.87. The van der Waals surface area contributed by atoms with Crippen molar-refractivity contribution < 1.29 is 21.6 Å². The Morgan fingerprint density at radius 1 is 1.05 bits per heavy atom. The zero-order chi connectivity index (χ0) is 15.5. The second-order valence-corrected chi connectivity index (χ2v) is 6.43. The molecule has 0 saturated carbocycles. The van der Waals surface area contributed by atoms with Gasteiger partial charge in [0.2, 0.25) is 0 Å². The summed E-state index contributed by atoms with van der Waals surface area (Å²) in [6.07, 6.45) is -4.26. The van der Waals surface area contributed by atoms with Gasteiger partial charge in [-0.2, -0.15) is 25.9 Å². The Kier molecular flexibility index (Phi) is 4.74. The largest absolute Gasteiger partial charge is 0.401 e. The molecule has 0 bridgehead atoms. The van der Waals surface area contributed by atoms with Crippen molar-refractivity contribution in [3.8, 4) is 0 Å². The summed E-state index contributed by atoms with van der Waals surface area (Å²) >= 11 is 0. The summed E-state index contributed by atoms with van der Waals surface area (Å²) in [7, 11) is -3.73. The molecule has 9 heteroatoms. The SMILES string of the molecule is O=S(=O)(Nc1ccccc1)N1CCN(CC(F)(F)F)CC1. The molecule has 1 aliphatic rings. The van der Waals surface area contributed by atoms with Crippen molar-refractivity contribution in [2.75, 3.05) is 37.4 Å². The van der Waals surface area contributed by atoms with Crippen molar-refractivity contribution in [1.29, 1.82) is 0 Å². The molecular weight excluding hydrogens is 307 g/mol. The van der Waals surface area contributed by atoms with Crippen molar-refractivity contribution in [3.63, 3.8) is 0 Å². The number of benzene rings is 1. The zero-order valence-electron chi connectivity index (χ0n) is 11.2. The number of hydrogen-bond donors (Lipinski definition) is 1. The molecule has 5 nitrogen and oxygen atoms in total. The van der Waals surface area contributed by atoms with Gasteiger partial charge in [-0.25, -0.2) is 0 Å². The zero-order valence-corrected chi connectivity index (χ0v) is 12.0. The Labute approximate surface area is 121 Å². The van der Waals surface area contributed by atoms with E-state index in [1.165, 1.54) is 4.90 Å². The second-order valence-electron chi connectivity index (χ2n) is 4.76. The molecule has 0 radical (unpaired) electrons. The number of anilines is 1. The number of nitrogens with one attached hydrogen (secondary N) is 1. The molecule has 0 spiro atoms. The van der Waals surface area contributed by atoms with Crippen LogP contribution in [0.2, 0.25) is 0 Å². The highest BCUT2D eigenvalue weighted by atomic mass is 32.2. The van der Waals surface area contributed by atoms with Crippen molar-refractivity contribution >= 4 is 15.9 Å². The second kappa shape index (κ2) is 6.20. The molecule has 0 amide bonds. The van der Waals surface area contributed by atoms with Crippen LogP contribution in [0.5, 0.6) is 0 Å². The van der Waals surface area contributed by atoms with Crippen LogP contribution in [0.25, 0.3) is 0 Å². The molecule has 0 aliphatic carbocycles. The number of nitrogens with zero attached hydrogens (tertiary/aromatic N) is 2. The van der Waals surface area contributed by atoms with Gasteiger partial charge >= 0.3 is 16.4 Å². The van der Waals surface area contributed by atoms with Crippen LogP contribution in [-0.4, -0.2) is 56.5 Å². The van der Waals surface area contributed by atoms with Gasteiger partial charge in [0.05, 0.1) is 6.54 Å². The molecule has 118 valence electrons. The number of rotatable bonds is 4. The molecule has 0 atom stereocenters. The van der Waals surface area contributed by atoms with Gasteiger partial charge in [0, 0.05) is 31.9 Å². The van der Waals surface area contributed by atoms with Crippen molar-refractivity contribution in [2.45, 2.75) is 6.18 Å². The maximum atomic E-state index is 12.3. The van der Waals surface area contributed by atoms with E-state index in [-0.39, 0.29) is 26.2 Å². The van der Waals surface area contributed by atoms with E-state index in [0.717, 1.165) is 4.31 Å². The van der Waals surface area contributed by atoms with Gasteiger partial charge < -0.3 is 0 Å². The molecule has 1 aliphatic heterocycles. The summed E-state index contributed by atoms with van der Waals surface area (Å²) in [5.74, 6) is 0. The Bertz CT molecular complexity index is 555. The van der Waals surface area contributed by atoms with E-state index in [9.17, 15) is 21.6 Å².